The molecule has 0 fully saturated rings. The van der Waals surface area contributed by atoms with Crippen LogP contribution in [0.5, 0.6) is 0 Å². The van der Waals surface area contributed by atoms with Crippen LogP contribution in [0.4, 0.5) is 4.39 Å². The summed E-state index contributed by atoms with van der Waals surface area (Å²) in [4.78, 5) is 7.63. The van der Waals surface area contributed by atoms with Gasteiger partial charge in [0.1, 0.15) is 5.82 Å². The molecule has 2 heterocycles. The van der Waals surface area contributed by atoms with Gasteiger partial charge in [-0.05, 0) is 79.1 Å². The number of hydrogen-bond acceptors (Lipinski definition) is 2. The van der Waals surface area contributed by atoms with E-state index in [9.17, 15) is 4.39 Å². The third-order valence-electron chi connectivity index (χ3n) is 6.27. The monoisotopic (exact) mass is 378 g/mol. The third-order valence-corrected chi connectivity index (χ3v) is 6.27. The van der Waals surface area contributed by atoms with E-state index in [-0.39, 0.29) is 5.82 Å². The summed E-state index contributed by atoms with van der Waals surface area (Å²) in [6.07, 6.45) is 11.9. The van der Waals surface area contributed by atoms with Crippen molar-refractivity contribution in [1.82, 2.24) is 9.88 Å². The van der Waals surface area contributed by atoms with E-state index in [1.165, 1.54) is 54.5 Å². The summed E-state index contributed by atoms with van der Waals surface area (Å²) in [5.41, 5.74) is 7.55. The zero-order valence-corrected chi connectivity index (χ0v) is 17.0. The molecule has 0 spiro atoms. The van der Waals surface area contributed by atoms with Crippen molar-refractivity contribution in [2.24, 2.45) is 0 Å². The van der Waals surface area contributed by atoms with Gasteiger partial charge < -0.3 is 0 Å². The van der Waals surface area contributed by atoms with Gasteiger partial charge in [0, 0.05) is 18.8 Å². The number of benzene rings is 1. The maximum absolute atomic E-state index is 13.5. The molecule has 2 aromatic rings. The number of hydrogen-bond donors (Lipinski definition) is 0. The molecule has 0 atom stereocenters. The molecular weight excluding hydrogens is 347 g/mol. The predicted molar refractivity (Wildman–Crippen MR) is 115 cm³/mol. The van der Waals surface area contributed by atoms with Crippen molar-refractivity contribution in [1.29, 1.82) is 0 Å². The number of pyridine rings is 1. The first kappa shape index (κ1) is 19.3. The molecule has 1 aliphatic heterocycles. The molecule has 148 valence electrons. The van der Waals surface area contributed by atoms with Crippen molar-refractivity contribution in [3.63, 3.8) is 0 Å². The number of likely N-dealkylation sites (N-methyl/N-ethyl adjacent to an activating group) is 1. The van der Waals surface area contributed by atoms with Crippen LogP contribution in [0, 0.1) is 5.82 Å². The van der Waals surface area contributed by atoms with Gasteiger partial charge in [-0.1, -0.05) is 44.4 Å². The molecule has 3 heteroatoms. The minimum Gasteiger partial charge on any atom is -0.300 e. The molecule has 2 aliphatic rings. The lowest BCUT2D eigenvalue weighted by atomic mass is 9.91. The Hall–Kier alpha value is -2.00. The highest BCUT2D eigenvalue weighted by atomic mass is 19.1. The van der Waals surface area contributed by atoms with Gasteiger partial charge in [-0.2, -0.15) is 0 Å². The molecule has 28 heavy (non-hydrogen) atoms. The van der Waals surface area contributed by atoms with Gasteiger partial charge in [-0.15, -0.1) is 0 Å². The SMILES string of the molecule is CCN1CC=C(c2cc(-c3ccc(F)cc3)c3c(n2)CCCCCCC3)CC1. The van der Waals surface area contributed by atoms with Gasteiger partial charge in [0.05, 0.1) is 5.69 Å². The zero-order valence-electron chi connectivity index (χ0n) is 17.0. The minimum atomic E-state index is -0.174. The second kappa shape index (κ2) is 9.00. The fraction of sp³-hybridized carbons (Fsp3) is 0.480. The van der Waals surface area contributed by atoms with Crippen molar-refractivity contribution in [2.45, 2.75) is 58.3 Å². The molecule has 1 aromatic heterocycles. The molecule has 0 saturated heterocycles. The summed E-state index contributed by atoms with van der Waals surface area (Å²) in [7, 11) is 0. The summed E-state index contributed by atoms with van der Waals surface area (Å²) in [5.74, 6) is -0.174. The Morgan fingerprint density at radius 1 is 0.964 bits per heavy atom. The van der Waals surface area contributed by atoms with Gasteiger partial charge in [0.25, 0.3) is 0 Å². The van der Waals surface area contributed by atoms with Gasteiger partial charge in [0.2, 0.25) is 0 Å². The third kappa shape index (κ3) is 4.35. The molecule has 1 aromatic carbocycles. The van der Waals surface area contributed by atoms with Gasteiger partial charge in [-0.3, -0.25) is 9.88 Å². The van der Waals surface area contributed by atoms with Crippen molar-refractivity contribution in [3.05, 3.63) is 59.2 Å². The number of rotatable bonds is 3. The van der Waals surface area contributed by atoms with Crippen LogP contribution in [-0.4, -0.2) is 29.5 Å². The van der Waals surface area contributed by atoms with Crippen LogP contribution >= 0.6 is 0 Å². The first-order valence-corrected chi connectivity index (χ1v) is 10.9. The Bertz CT molecular complexity index is 838. The summed E-state index contributed by atoms with van der Waals surface area (Å²) in [6, 6.07) is 9.29. The fourth-order valence-electron chi connectivity index (χ4n) is 4.52. The zero-order chi connectivity index (χ0) is 19.3. The first-order chi connectivity index (χ1) is 13.7. The van der Waals surface area contributed by atoms with Gasteiger partial charge in [0.15, 0.2) is 0 Å². The highest BCUT2D eigenvalue weighted by molar-refractivity contribution is 5.74. The van der Waals surface area contributed by atoms with E-state index in [4.69, 9.17) is 4.98 Å². The summed E-state index contributed by atoms with van der Waals surface area (Å²) in [5, 5.41) is 0. The second-order valence-electron chi connectivity index (χ2n) is 8.13. The summed E-state index contributed by atoms with van der Waals surface area (Å²) >= 11 is 0. The number of halogens is 1. The largest absolute Gasteiger partial charge is 0.300 e. The van der Waals surface area contributed by atoms with Crippen LogP contribution in [-0.2, 0) is 12.8 Å². The van der Waals surface area contributed by atoms with E-state index in [0.717, 1.165) is 50.2 Å². The van der Waals surface area contributed by atoms with Crippen molar-refractivity contribution in [3.8, 4) is 11.1 Å². The normalized spacial score (nSPS) is 18.6. The number of nitrogens with zero attached hydrogens (tertiary/aromatic N) is 2. The Morgan fingerprint density at radius 2 is 1.71 bits per heavy atom. The lowest BCUT2D eigenvalue weighted by Gasteiger charge is -2.25. The maximum atomic E-state index is 13.5. The van der Waals surface area contributed by atoms with E-state index in [0.29, 0.717) is 0 Å². The summed E-state index contributed by atoms with van der Waals surface area (Å²) < 4.78 is 13.5. The van der Waals surface area contributed by atoms with E-state index in [1.807, 2.05) is 12.1 Å². The molecule has 4 rings (SSSR count). The molecule has 0 radical (unpaired) electrons. The average Bonchev–Trinajstić information content (AvgIpc) is 2.85. The fourth-order valence-corrected chi connectivity index (χ4v) is 4.52. The Labute approximate surface area is 168 Å². The highest BCUT2D eigenvalue weighted by Crippen LogP contribution is 2.33. The predicted octanol–water partition coefficient (Wildman–Crippen LogP) is 6.05. The minimum absolute atomic E-state index is 0.174. The van der Waals surface area contributed by atoms with Crippen LogP contribution < -0.4 is 0 Å². The maximum Gasteiger partial charge on any atom is 0.123 e. The smallest absolute Gasteiger partial charge is 0.123 e. The van der Waals surface area contributed by atoms with E-state index < -0.39 is 0 Å². The first-order valence-electron chi connectivity index (χ1n) is 10.9. The molecule has 2 nitrogen and oxygen atoms in total. The Kier molecular flexibility index (Phi) is 6.21. The highest BCUT2D eigenvalue weighted by Gasteiger charge is 2.19. The summed E-state index contributed by atoms with van der Waals surface area (Å²) in [6.45, 7) is 5.43. The van der Waals surface area contributed by atoms with Crippen LogP contribution in [0.1, 0.15) is 62.4 Å². The van der Waals surface area contributed by atoms with Crippen molar-refractivity contribution in [2.75, 3.05) is 19.6 Å². The van der Waals surface area contributed by atoms with E-state index >= 15 is 0 Å². The molecule has 0 amide bonds. The van der Waals surface area contributed by atoms with Gasteiger partial charge >= 0.3 is 0 Å². The molecule has 0 bridgehead atoms. The molecule has 1 aliphatic carbocycles. The second-order valence-corrected chi connectivity index (χ2v) is 8.13. The lowest BCUT2D eigenvalue weighted by Crippen LogP contribution is -2.28. The van der Waals surface area contributed by atoms with E-state index in [2.05, 4.69) is 24.0 Å². The van der Waals surface area contributed by atoms with Crippen LogP contribution in [0.25, 0.3) is 16.7 Å². The van der Waals surface area contributed by atoms with Crippen molar-refractivity contribution >= 4 is 5.57 Å². The van der Waals surface area contributed by atoms with Crippen molar-refractivity contribution < 1.29 is 4.39 Å². The lowest BCUT2D eigenvalue weighted by molar-refractivity contribution is 0.318. The van der Waals surface area contributed by atoms with Crippen LogP contribution in [0.15, 0.2) is 36.4 Å². The molecule has 0 N–H and O–H groups in total. The van der Waals surface area contributed by atoms with Crippen LogP contribution in [0.3, 0.4) is 0 Å². The Morgan fingerprint density at radius 3 is 2.43 bits per heavy atom. The molecule has 0 saturated carbocycles. The number of aryl methyl sites for hydroxylation is 1. The average molecular weight is 379 g/mol. The van der Waals surface area contributed by atoms with Gasteiger partial charge in [-0.25, -0.2) is 4.39 Å². The standard InChI is InChI=1S/C25H31FN2/c1-2-28-16-14-20(15-17-28)25-18-23(19-10-12-21(26)13-11-19)22-8-6-4-3-5-7-9-24(22)27-25/h10-14,18H,2-9,15-17H2,1H3. The Balaban J connectivity index is 1.79. The molecule has 0 unspecified atom stereocenters. The van der Waals surface area contributed by atoms with E-state index in [1.54, 1.807) is 12.1 Å². The van der Waals surface area contributed by atoms with Crippen LogP contribution in [0.2, 0.25) is 0 Å². The quantitative estimate of drug-likeness (QED) is 0.647. The number of aromatic nitrogens is 1. The topological polar surface area (TPSA) is 16.1 Å². The number of fused-ring (bicyclic) bond motifs is 1. The molecular formula is C25H31FN2.